The van der Waals surface area contributed by atoms with Gasteiger partial charge in [0.05, 0.1) is 6.33 Å². The monoisotopic (exact) mass is 237 g/mol. The Morgan fingerprint density at radius 1 is 1.31 bits per heavy atom. The summed E-state index contributed by atoms with van der Waals surface area (Å²) in [5.74, 6) is 2.63. The van der Waals surface area contributed by atoms with Gasteiger partial charge in [0, 0.05) is 36.3 Å². The molecule has 2 fully saturated rings. The first-order valence-corrected chi connectivity index (χ1v) is 7.40. The van der Waals surface area contributed by atoms with Gasteiger partial charge in [0.25, 0.3) is 0 Å². The molecule has 1 aromatic rings. The normalized spacial score (nSPS) is 34.6. The second-order valence-corrected chi connectivity index (χ2v) is 5.99. The van der Waals surface area contributed by atoms with Crippen LogP contribution < -0.4 is 5.32 Å². The van der Waals surface area contributed by atoms with E-state index in [4.69, 9.17) is 0 Å². The molecule has 0 radical (unpaired) electrons. The van der Waals surface area contributed by atoms with E-state index < -0.39 is 0 Å². The van der Waals surface area contributed by atoms with Gasteiger partial charge in [0.1, 0.15) is 0 Å². The molecule has 1 N–H and O–H groups in total. The van der Waals surface area contributed by atoms with Crippen molar-refractivity contribution in [2.24, 2.45) is 0 Å². The summed E-state index contributed by atoms with van der Waals surface area (Å²) < 4.78 is 2.28. The van der Waals surface area contributed by atoms with E-state index in [2.05, 4.69) is 32.8 Å². The Balaban J connectivity index is 1.64. The first-order valence-electron chi connectivity index (χ1n) is 6.25. The van der Waals surface area contributed by atoms with Gasteiger partial charge in [-0.1, -0.05) is 0 Å². The molecule has 0 aromatic carbocycles. The molecule has 1 saturated carbocycles. The SMILES string of the molecule is c1cn(C2CCCC2NC2CCSC2)cn1. The minimum Gasteiger partial charge on any atom is -0.333 e. The van der Waals surface area contributed by atoms with Crippen LogP contribution in [0.4, 0.5) is 0 Å². The van der Waals surface area contributed by atoms with Gasteiger partial charge >= 0.3 is 0 Å². The van der Waals surface area contributed by atoms with Crippen molar-refractivity contribution in [2.75, 3.05) is 11.5 Å². The minimum absolute atomic E-state index is 0.632. The number of rotatable bonds is 3. The van der Waals surface area contributed by atoms with E-state index in [-0.39, 0.29) is 0 Å². The van der Waals surface area contributed by atoms with Crippen molar-refractivity contribution in [3.63, 3.8) is 0 Å². The fourth-order valence-electron chi connectivity index (χ4n) is 2.93. The zero-order chi connectivity index (χ0) is 10.8. The number of aromatic nitrogens is 2. The average Bonchev–Trinajstić information content (AvgIpc) is 2.98. The van der Waals surface area contributed by atoms with Crippen molar-refractivity contribution in [2.45, 2.75) is 43.8 Å². The summed E-state index contributed by atoms with van der Waals surface area (Å²) >= 11 is 2.08. The summed E-state index contributed by atoms with van der Waals surface area (Å²) in [6.07, 6.45) is 11.3. The van der Waals surface area contributed by atoms with E-state index >= 15 is 0 Å². The highest BCUT2D eigenvalue weighted by atomic mass is 32.2. The van der Waals surface area contributed by atoms with Crippen LogP contribution in [-0.4, -0.2) is 33.1 Å². The molecule has 1 aromatic heterocycles. The van der Waals surface area contributed by atoms with Crippen LogP contribution in [0.25, 0.3) is 0 Å². The Hall–Kier alpha value is -0.480. The zero-order valence-electron chi connectivity index (χ0n) is 9.51. The lowest BCUT2D eigenvalue weighted by atomic mass is 10.1. The summed E-state index contributed by atoms with van der Waals surface area (Å²) in [5, 5.41) is 3.85. The second-order valence-electron chi connectivity index (χ2n) is 4.84. The summed E-state index contributed by atoms with van der Waals surface area (Å²) in [7, 11) is 0. The molecule has 1 aliphatic carbocycles. The van der Waals surface area contributed by atoms with Crippen molar-refractivity contribution < 1.29 is 0 Å². The fourth-order valence-corrected chi connectivity index (χ4v) is 4.09. The number of thioether (sulfide) groups is 1. The molecule has 2 heterocycles. The molecule has 16 heavy (non-hydrogen) atoms. The third-order valence-corrected chi connectivity index (χ3v) is 4.93. The Kier molecular flexibility index (Phi) is 3.20. The Labute approximate surface area is 101 Å². The zero-order valence-corrected chi connectivity index (χ0v) is 10.3. The van der Waals surface area contributed by atoms with Gasteiger partial charge in [-0.15, -0.1) is 0 Å². The van der Waals surface area contributed by atoms with E-state index in [9.17, 15) is 0 Å². The average molecular weight is 237 g/mol. The molecule has 1 aliphatic heterocycles. The standard InChI is InChI=1S/C12H19N3S/c1-2-11(14-10-4-7-16-8-10)12(3-1)15-6-5-13-9-15/h5-6,9-12,14H,1-4,7-8H2. The van der Waals surface area contributed by atoms with Crippen LogP contribution in [0.2, 0.25) is 0 Å². The van der Waals surface area contributed by atoms with Crippen molar-refractivity contribution in [3.05, 3.63) is 18.7 Å². The molecule has 3 unspecified atom stereocenters. The van der Waals surface area contributed by atoms with Crippen molar-refractivity contribution in [3.8, 4) is 0 Å². The van der Waals surface area contributed by atoms with Crippen LogP contribution >= 0.6 is 11.8 Å². The van der Waals surface area contributed by atoms with Gasteiger partial charge in [0.2, 0.25) is 0 Å². The summed E-state index contributed by atoms with van der Waals surface area (Å²) in [4.78, 5) is 4.16. The van der Waals surface area contributed by atoms with E-state index in [0.29, 0.717) is 12.1 Å². The number of imidazole rings is 1. The number of nitrogens with zero attached hydrogens (tertiary/aromatic N) is 2. The smallest absolute Gasteiger partial charge is 0.0949 e. The third-order valence-electron chi connectivity index (χ3n) is 3.77. The van der Waals surface area contributed by atoms with E-state index in [1.165, 1.54) is 37.2 Å². The van der Waals surface area contributed by atoms with Crippen LogP contribution in [-0.2, 0) is 0 Å². The lowest BCUT2D eigenvalue weighted by Crippen LogP contribution is -2.41. The van der Waals surface area contributed by atoms with Gasteiger partial charge in [-0.05, 0) is 31.4 Å². The van der Waals surface area contributed by atoms with Gasteiger partial charge in [-0.2, -0.15) is 11.8 Å². The summed E-state index contributed by atoms with van der Waals surface area (Å²) in [5.41, 5.74) is 0. The van der Waals surface area contributed by atoms with Crippen LogP contribution in [0.3, 0.4) is 0 Å². The fraction of sp³-hybridized carbons (Fsp3) is 0.750. The van der Waals surface area contributed by atoms with Crippen molar-refractivity contribution in [1.82, 2.24) is 14.9 Å². The first kappa shape index (κ1) is 10.7. The molecule has 0 bridgehead atoms. The minimum atomic E-state index is 0.632. The molecular formula is C12H19N3S. The molecular weight excluding hydrogens is 218 g/mol. The van der Waals surface area contributed by atoms with Crippen LogP contribution in [0.5, 0.6) is 0 Å². The molecule has 2 aliphatic rings. The topological polar surface area (TPSA) is 29.9 Å². The molecule has 1 saturated heterocycles. The Bertz CT molecular complexity index is 319. The molecule has 3 nitrogen and oxygen atoms in total. The Morgan fingerprint density at radius 3 is 3.06 bits per heavy atom. The van der Waals surface area contributed by atoms with Crippen LogP contribution in [0, 0.1) is 0 Å². The van der Waals surface area contributed by atoms with Crippen molar-refractivity contribution in [1.29, 1.82) is 0 Å². The van der Waals surface area contributed by atoms with Crippen molar-refractivity contribution >= 4 is 11.8 Å². The molecule has 3 atom stereocenters. The maximum absolute atomic E-state index is 4.16. The van der Waals surface area contributed by atoms with Crippen LogP contribution in [0.1, 0.15) is 31.7 Å². The van der Waals surface area contributed by atoms with Gasteiger partial charge < -0.3 is 9.88 Å². The second kappa shape index (κ2) is 4.80. The lowest BCUT2D eigenvalue weighted by molar-refractivity contribution is 0.361. The summed E-state index contributed by atoms with van der Waals surface area (Å²) in [6, 6.07) is 2.05. The van der Waals surface area contributed by atoms with E-state index in [1.54, 1.807) is 0 Å². The third kappa shape index (κ3) is 2.13. The van der Waals surface area contributed by atoms with Gasteiger partial charge in [-0.3, -0.25) is 0 Å². The predicted octanol–water partition coefficient (Wildman–Crippen LogP) is 2.07. The number of hydrogen-bond donors (Lipinski definition) is 1. The largest absolute Gasteiger partial charge is 0.333 e. The maximum Gasteiger partial charge on any atom is 0.0949 e. The summed E-state index contributed by atoms with van der Waals surface area (Å²) in [6.45, 7) is 0. The highest BCUT2D eigenvalue weighted by molar-refractivity contribution is 7.99. The van der Waals surface area contributed by atoms with Gasteiger partial charge in [0.15, 0.2) is 0 Å². The molecule has 0 spiro atoms. The lowest BCUT2D eigenvalue weighted by Gasteiger charge is -2.25. The van der Waals surface area contributed by atoms with Crippen LogP contribution in [0.15, 0.2) is 18.7 Å². The molecule has 88 valence electrons. The predicted molar refractivity (Wildman–Crippen MR) is 67.8 cm³/mol. The van der Waals surface area contributed by atoms with E-state index in [0.717, 1.165) is 6.04 Å². The molecule has 3 rings (SSSR count). The highest BCUT2D eigenvalue weighted by Crippen LogP contribution is 2.31. The van der Waals surface area contributed by atoms with E-state index in [1.807, 2.05) is 12.5 Å². The highest BCUT2D eigenvalue weighted by Gasteiger charge is 2.30. The van der Waals surface area contributed by atoms with Gasteiger partial charge in [-0.25, -0.2) is 4.98 Å². The quantitative estimate of drug-likeness (QED) is 0.873. The maximum atomic E-state index is 4.16. The number of hydrogen-bond acceptors (Lipinski definition) is 3. The molecule has 4 heteroatoms. The first-order chi connectivity index (χ1) is 7.93. The number of nitrogens with one attached hydrogen (secondary N) is 1. The Morgan fingerprint density at radius 2 is 2.31 bits per heavy atom. The molecule has 0 amide bonds.